The van der Waals surface area contributed by atoms with Crippen LogP contribution >= 0.6 is 23.7 Å². The Hall–Kier alpha value is -0.820. The third-order valence-electron chi connectivity index (χ3n) is 3.35. The zero-order valence-corrected chi connectivity index (χ0v) is 12.1. The van der Waals surface area contributed by atoms with Crippen LogP contribution in [0.1, 0.15) is 17.2 Å². The molecule has 2 aromatic rings. The number of halogens is 4. The molecule has 1 fully saturated rings. The average molecular weight is 323 g/mol. The van der Waals surface area contributed by atoms with Crippen LogP contribution in [0.5, 0.6) is 0 Å². The molecule has 0 aliphatic carbocycles. The van der Waals surface area contributed by atoms with E-state index >= 15 is 0 Å². The van der Waals surface area contributed by atoms with Gasteiger partial charge in [-0.1, -0.05) is 6.07 Å². The molecule has 0 radical (unpaired) electrons. The standard InChI is InChI=1S/C13H13F3N2S.ClH/c14-13(15,16)8-1-2-9-10(7-19-12(9)5-8)11-6-17-3-4-18-11;/h1-2,5,7,11,17-18H,3-4,6H2;1H. The molecule has 110 valence electrons. The molecule has 1 aliphatic rings. The Balaban J connectivity index is 0.00000147. The minimum Gasteiger partial charge on any atom is -0.314 e. The highest BCUT2D eigenvalue weighted by atomic mass is 35.5. The average Bonchev–Trinajstić information content (AvgIpc) is 2.81. The molecule has 7 heteroatoms. The molecule has 20 heavy (non-hydrogen) atoms. The lowest BCUT2D eigenvalue weighted by molar-refractivity contribution is -0.137. The third kappa shape index (κ3) is 2.93. The Kier molecular flexibility index (Phi) is 4.59. The normalized spacial score (nSPS) is 19.9. The highest BCUT2D eigenvalue weighted by Gasteiger charge is 2.31. The molecule has 1 unspecified atom stereocenters. The Morgan fingerprint density at radius 1 is 1.20 bits per heavy atom. The van der Waals surface area contributed by atoms with Gasteiger partial charge in [0.25, 0.3) is 0 Å². The molecule has 1 saturated heterocycles. The molecule has 1 atom stereocenters. The first-order valence-corrected chi connectivity index (χ1v) is 6.96. The van der Waals surface area contributed by atoms with Gasteiger partial charge in [0.2, 0.25) is 0 Å². The van der Waals surface area contributed by atoms with E-state index in [1.807, 2.05) is 5.38 Å². The molecule has 0 saturated carbocycles. The summed E-state index contributed by atoms with van der Waals surface area (Å²) in [4.78, 5) is 0. The molecular formula is C13H14ClF3N2S. The van der Waals surface area contributed by atoms with Crippen molar-refractivity contribution in [1.29, 1.82) is 0 Å². The van der Waals surface area contributed by atoms with Crippen molar-refractivity contribution >= 4 is 33.8 Å². The number of alkyl halides is 3. The number of rotatable bonds is 1. The maximum absolute atomic E-state index is 12.7. The summed E-state index contributed by atoms with van der Waals surface area (Å²) in [5.74, 6) is 0. The first-order valence-electron chi connectivity index (χ1n) is 6.08. The number of hydrogen-bond acceptors (Lipinski definition) is 3. The molecule has 3 rings (SSSR count). The van der Waals surface area contributed by atoms with E-state index in [1.54, 1.807) is 6.07 Å². The van der Waals surface area contributed by atoms with Crippen LogP contribution in [0.2, 0.25) is 0 Å². The summed E-state index contributed by atoms with van der Waals surface area (Å²) in [6.45, 7) is 2.62. The van der Waals surface area contributed by atoms with Crippen LogP contribution in [0.4, 0.5) is 13.2 Å². The van der Waals surface area contributed by atoms with Crippen molar-refractivity contribution in [2.24, 2.45) is 0 Å². The van der Waals surface area contributed by atoms with Crippen molar-refractivity contribution in [1.82, 2.24) is 10.6 Å². The van der Waals surface area contributed by atoms with Gasteiger partial charge in [0.05, 0.1) is 5.56 Å². The molecule has 0 spiro atoms. The fourth-order valence-corrected chi connectivity index (χ4v) is 3.42. The summed E-state index contributed by atoms with van der Waals surface area (Å²) in [6, 6.07) is 4.16. The number of thiophene rings is 1. The fourth-order valence-electron chi connectivity index (χ4n) is 2.37. The van der Waals surface area contributed by atoms with Gasteiger partial charge >= 0.3 is 6.18 Å². The number of nitrogens with one attached hydrogen (secondary N) is 2. The molecule has 1 aliphatic heterocycles. The monoisotopic (exact) mass is 322 g/mol. The highest BCUT2D eigenvalue weighted by molar-refractivity contribution is 7.17. The van der Waals surface area contributed by atoms with Gasteiger partial charge in [-0.05, 0) is 28.5 Å². The Labute approximate surface area is 124 Å². The molecule has 2 heterocycles. The first kappa shape index (κ1) is 15.6. The van der Waals surface area contributed by atoms with Gasteiger partial charge in [0, 0.05) is 30.4 Å². The number of benzene rings is 1. The summed E-state index contributed by atoms with van der Waals surface area (Å²) in [5.41, 5.74) is 0.504. The predicted octanol–water partition coefficient (Wildman–Crippen LogP) is 3.58. The van der Waals surface area contributed by atoms with Gasteiger partial charge in [-0.15, -0.1) is 23.7 Å². The van der Waals surface area contributed by atoms with E-state index in [1.165, 1.54) is 17.4 Å². The molecule has 0 amide bonds. The zero-order chi connectivity index (χ0) is 13.5. The van der Waals surface area contributed by atoms with Gasteiger partial charge in [-0.3, -0.25) is 0 Å². The summed E-state index contributed by atoms with van der Waals surface area (Å²) in [6.07, 6.45) is -4.27. The summed E-state index contributed by atoms with van der Waals surface area (Å²) in [5, 5.41) is 9.54. The lowest BCUT2D eigenvalue weighted by Crippen LogP contribution is -2.42. The minimum absolute atomic E-state index is 0. The van der Waals surface area contributed by atoms with Crippen LogP contribution in [0.3, 0.4) is 0 Å². The van der Waals surface area contributed by atoms with Gasteiger partial charge in [-0.25, -0.2) is 0 Å². The van der Waals surface area contributed by atoms with Crippen LogP contribution < -0.4 is 10.6 Å². The van der Waals surface area contributed by atoms with Crippen LogP contribution in [0, 0.1) is 0 Å². The first-order chi connectivity index (χ1) is 9.05. The molecule has 0 bridgehead atoms. The Morgan fingerprint density at radius 3 is 2.65 bits per heavy atom. The van der Waals surface area contributed by atoms with E-state index in [9.17, 15) is 13.2 Å². The maximum Gasteiger partial charge on any atom is 0.416 e. The second-order valence-electron chi connectivity index (χ2n) is 4.61. The van der Waals surface area contributed by atoms with Crippen molar-refractivity contribution < 1.29 is 13.2 Å². The van der Waals surface area contributed by atoms with Crippen LogP contribution in [0.15, 0.2) is 23.6 Å². The Morgan fingerprint density at radius 2 is 2.00 bits per heavy atom. The number of fused-ring (bicyclic) bond motifs is 1. The zero-order valence-electron chi connectivity index (χ0n) is 10.5. The predicted molar refractivity (Wildman–Crippen MR) is 77.7 cm³/mol. The number of hydrogen-bond donors (Lipinski definition) is 2. The van der Waals surface area contributed by atoms with E-state index in [-0.39, 0.29) is 18.4 Å². The summed E-state index contributed by atoms with van der Waals surface area (Å²) < 4.78 is 38.7. The smallest absolute Gasteiger partial charge is 0.314 e. The molecular weight excluding hydrogens is 309 g/mol. The number of piperazine rings is 1. The van der Waals surface area contributed by atoms with Crippen molar-refractivity contribution in [3.63, 3.8) is 0 Å². The second kappa shape index (κ2) is 5.89. The van der Waals surface area contributed by atoms with E-state index < -0.39 is 11.7 Å². The van der Waals surface area contributed by atoms with Gasteiger partial charge in [0.1, 0.15) is 0 Å². The molecule has 2 N–H and O–H groups in total. The fraction of sp³-hybridized carbons (Fsp3) is 0.385. The SMILES string of the molecule is Cl.FC(F)(F)c1ccc2c(C3CNCCN3)csc2c1. The maximum atomic E-state index is 12.7. The van der Waals surface area contributed by atoms with Gasteiger partial charge in [0.15, 0.2) is 0 Å². The van der Waals surface area contributed by atoms with Gasteiger partial charge in [-0.2, -0.15) is 13.2 Å². The van der Waals surface area contributed by atoms with Crippen LogP contribution in [0.25, 0.3) is 10.1 Å². The Bertz CT molecular complexity index is 591. The summed E-state index contributed by atoms with van der Waals surface area (Å²) in [7, 11) is 0. The van der Waals surface area contributed by atoms with E-state index in [0.29, 0.717) is 4.70 Å². The second-order valence-corrected chi connectivity index (χ2v) is 5.52. The third-order valence-corrected chi connectivity index (χ3v) is 4.31. The quantitative estimate of drug-likeness (QED) is 0.838. The molecule has 2 nitrogen and oxygen atoms in total. The lowest BCUT2D eigenvalue weighted by Gasteiger charge is -2.24. The van der Waals surface area contributed by atoms with Crippen molar-refractivity contribution in [2.45, 2.75) is 12.2 Å². The minimum atomic E-state index is -4.27. The van der Waals surface area contributed by atoms with Crippen molar-refractivity contribution in [3.8, 4) is 0 Å². The van der Waals surface area contributed by atoms with Gasteiger partial charge < -0.3 is 10.6 Å². The molecule has 1 aromatic carbocycles. The van der Waals surface area contributed by atoms with Crippen LogP contribution in [-0.2, 0) is 6.18 Å². The lowest BCUT2D eigenvalue weighted by atomic mass is 10.0. The van der Waals surface area contributed by atoms with E-state index in [4.69, 9.17) is 0 Å². The largest absolute Gasteiger partial charge is 0.416 e. The highest BCUT2D eigenvalue weighted by Crippen LogP contribution is 2.36. The van der Waals surface area contributed by atoms with Crippen molar-refractivity contribution in [2.75, 3.05) is 19.6 Å². The molecule has 1 aromatic heterocycles. The van der Waals surface area contributed by atoms with E-state index in [2.05, 4.69) is 10.6 Å². The van der Waals surface area contributed by atoms with E-state index in [0.717, 1.165) is 36.7 Å². The summed E-state index contributed by atoms with van der Waals surface area (Å²) >= 11 is 1.37. The topological polar surface area (TPSA) is 24.1 Å². The van der Waals surface area contributed by atoms with Crippen molar-refractivity contribution in [3.05, 3.63) is 34.7 Å². The van der Waals surface area contributed by atoms with Crippen LogP contribution in [-0.4, -0.2) is 19.6 Å².